The van der Waals surface area contributed by atoms with Gasteiger partial charge in [0, 0.05) is 27.2 Å². The van der Waals surface area contributed by atoms with E-state index in [2.05, 4.69) is 17.5 Å². The van der Waals surface area contributed by atoms with Crippen LogP contribution in [0, 0.1) is 5.92 Å². The average molecular weight is 385 g/mol. The van der Waals surface area contributed by atoms with Crippen LogP contribution in [0.2, 0.25) is 20.1 Å². The molecule has 0 spiro atoms. The van der Waals surface area contributed by atoms with E-state index in [4.69, 9.17) is 46.4 Å². The van der Waals surface area contributed by atoms with Gasteiger partial charge in [-0.05, 0) is 42.2 Å². The van der Waals surface area contributed by atoms with E-state index in [0.717, 1.165) is 23.2 Å². The third-order valence-corrected chi connectivity index (χ3v) is 5.95. The topological polar surface area (TPSA) is 12.0 Å². The molecule has 1 nitrogen and oxygen atoms in total. The van der Waals surface area contributed by atoms with Crippen molar-refractivity contribution in [1.82, 2.24) is 0 Å². The number of nitrogens with one attached hydrogen (secondary N) is 1. The minimum atomic E-state index is 0.145. The first-order valence-electron chi connectivity index (χ1n) is 7.41. The van der Waals surface area contributed by atoms with Gasteiger partial charge in [0.1, 0.15) is 0 Å². The van der Waals surface area contributed by atoms with E-state index in [0.29, 0.717) is 26.0 Å². The fourth-order valence-corrected chi connectivity index (χ4v) is 4.61. The summed E-state index contributed by atoms with van der Waals surface area (Å²) >= 11 is 24.9. The van der Waals surface area contributed by atoms with Crippen molar-refractivity contribution in [3.05, 3.63) is 73.7 Å². The largest absolute Gasteiger partial charge is 0.378 e. The Balaban J connectivity index is 1.82. The summed E-state index contributed by atoms with van der Waals surface area (Å²) in [6.45, 7) is 0. The molecule has 1 aliphatic heterocycles. The van der Waals surface area contributed by atoms with Crippen LogP contribution >= 0.6 is 46.4 Å². The lowest BCUT2D eigenvalue weighted by atomic mass is 9.77. The van der Waals surface area contributed by atoms with Gasteiger partial charge in [-0.25, -0.2) is 0 Å². The Morgan fingerprint density at radius 1 is 0.913 bits per heavy atom. The smallest absolute Gasteiger partial charge is 0.0595 e. The van der Waals surface area contributed by atoms with Crippen LogP contribution in [-0.4, -0.2) is 0 Å². The van der Waals surface area contributed by atoms with Gasteiger partial charge in [0.2, 0.25) is 0 Å². The number of hydrogen-bond acceptors (Lipinski definition) is 1. The molecule has 0 aromatic heterocycles. The molecule has 2 aromatic carbocycles. The number of rotatable bonds is 1. The maximum Gasteiger partial charge on any atom is 0.0595 e. The molecular formula is C18H13Cl4N. The van der Waals surface area contributed by atoms with Crippen molar-refractivity contribution in [2.24, 2.45) is 5.92 Å². The van der Waals surface area contributed by atoms with E-state index >= 15 is 0 Å². The summed E-state index contributed by atoms with van der Waals surface area (Å²) in [6, 6.07) is 9.71. The molecular weight excluding hydrogens is 372 g/mol. The highest BCUT2D eigenvalue weighted by Crippen LogP contribution is 2.52. The summed E-state index contributed by atoms with van der Waals surface area (Å²) < 4.78 is 0. The molecule has 0 unspecified atom stereocenters. The van der Waals surface area contributed by atoms with Gasteiger partial charge >= 0.3 is 0 Å². The van der Waals surface area contributed by atoms with E-state index in [1.807, 2.05) is 30.3 Å². The first kappa shape index (κ1) is 15.7. The molecule has 0 radical (unpaired) electrons. The van der Waals surface area contributed by atoms with Crippen molar-refractivity contribution >= 4 is 52.1 Å². The maximum absolute atomic E-state index is 6.46. The Bertz CT molecular complexity index is 815. The monoisotopic (exact) mass is 383 g/mol. The molecule has 1 heterocycles. The Morgan fingerprint density at radius 3 is 2.52 bits per heavy atom. The van der Waals surface area contributed by atoms with Gasteiger partial charge in [0.15, 0.2) is 0 Å². The van der Waals surface area contributed by atoms with Crippen molar-refractivity contribution in [3.8, 4) is 0 Å². The molecule has 0 fully saturated rings. The minimum absolute atomic E-state index is 0.145. The van der Waals surface area contributed by atoms with Crippen molar-refractivity contribution < 1.29 is 0 Å². The number of fused-ring (bicyclic) bond motifs is 3. The molecule has 0 saturated carbocycles. The highest BCUT2D eigenvalue weighted by Gasteiger charge is 2.39. The van der Waals surface area contributed by atoms with E-state index < -0.39 is 0 Å². The Kier molecular flexibility index (Phi) is 4.01. The van der Waals surface area contributed by atoms with E-state index in [1.54, 1.807) is 0 Å². The van der Waals surface area contributed by atoms with Crippen LogP contribution < -0.4 is 5.32 Å². The zero-order valence-corrected chi connectivity index (χ0v) is 15.0. The van der Waals surface area contributed by atoms with E-state index in [1.165, 1.54) is 0 Å². The summed E-state index contributed by atoms with van der Waals surface area (Å²) in [5.74, 6) is 0.689. The quantitative estimate of drug-likeness (QED) is 0.515. The predicted octanol–water partition coefficient (Wildman–Crippen LogP) is 7.13. The van der Waals surface area contributed by atoms with Crippen LogP contribution in [0.4, 0.5) is 5.69 Å². The number of allylic oxidation sites excluding steroid dienone is 2. The first-order valence-corrected chi connectivity index (χ1v) is 8.93. The number of halogens is 4. The Hall–Kier alpha value is -0.860. The fraction of sp³-hybridized carbons (Fsp3) is 0.222. The van der Waals surface area contributed by atoms with Crippen LogP contribution in [0.15, 0.2) is 42.5 Å². The van der Waals surface area contributed by atoms with Crippen molar-refractivity contribution in [3.63, 3.8) is 0 Å². The molecule has 0 amide bonds. The van der Waals surface area contributed by atoms with Crippen LogP contribution in [-0.2, 0) is 0 Å². The summed E-state index contributed by atoms with van der Waals surface area (Å²) in [6.07, 6.45) is 5.47. The van der Waals surface area contributed by atoms with Gasteiger partial charge in [-0.3, -0.25) is 0 Å². The summed E-state index contributed by atoms with van der Waals surface area (Å²) in [5.41, 5.74) is 3.25. The summed E-state index contributed by atoms with van der Waals surface area (Å²) in [4.78, 5) is 0. The average Bonchev–Trinajstić information content (AvgIpc) is 2.97. The molecule has 1 N–H and O–H groups in total. The SMILES string of the molecule is Clc1cc(Cl)c2c(c1)N[C@H](c1ccc(Cl)c(Cl)c1)[C@H]1CC=C[C@H]21. The van der Waals surface area contributed by atoms with Crippen molar-refractivity contribution in [1.29, 1.82) is 0 Å². The summed E-state index contributed by atoms with van der Waals surface area (Å²) in [7, 11) is 0. The van der Waals surface area contributed by atoms with Crippen LogP contribution in [0.1, 0.15) is 29.5 Å². The van der Waals surface area contributed by atoms with Gasteiger partial charge < -0.3 is 5.32 Å². The third-order valence-electron chi connectivity index (χ3n) is 4.68. The van der Waals surface area contributed by atoms with Crippen LogP contribution in [0.5, 0.6) is 0 Å². The van der Waals surface area contributed by atoms with Gasteiger partial charge in [-0.2, -0.15) is 0 Å². The highest BCUT2D eigenvalue weighted by atomic mass is 35.5. The number of benzene rings is 2. The van der Waals surface area contributed by atoms with Gasteiger partial charge in [-0.15, -0.1) is 0 Å². The molecule has 3 atom stereocenters. The van der Waals surface area contributed by atoms with Crippen molar-refractivity contribution in [2.75, 3.05) is 5.32 Å². The molecule has 0 saturated heterocycles. The van der Waals surface area contributed by atoms with Gasteiger partial charge in [-0.1, -0.05) is 64.6 Å². The second kappa shape index (κ2) is 5.89. The van der Waals surface area contributed by atoms with Crippen LogP contribution in [0.3, 0.4) is 0 Å². The Labute approximate surface area is 155 Å². The Morgan fingerprint density at radius 2 is 1.74 bits per heavy atom. The zero-order valence-electron chi connectivity index (χ0n) is 12.0. The lowest BCUT2D eigenvalue weighted by molar-refractivity contribution is 0.426. The van der Waals surface area contributed by atoms with Gasteiger partial charge in [0.25, 0.3) is 0 Å². The van der Waals surface area contributed by atoms with Crippen molar-refractivity contribution in [2.45, 2.75) is 18.4 Å². The second-order valence-corrected chi connectivity index (χ2v) is 7.66. The molecule has 1 aliphatic carbocycles. The molecule has 4 rings (SSSR count). The molecule has 118 valence electrons. The highest BCUT2D eigenvalue weighted by molar-refractivity contribution is 6.42. The van der Waals surface area contributed by atoms with Crippen LogP contribution in [0.25, 0.3) is 0 Å². The van der Waals surface area contributed by atoms with Gasteiger partial charge in [0.05, 0.1) is 16.1 Å². The maximum atomic E-state index is 6.46. The normalized spacial score (nSPS) is 25.0. The molecule has 0 bridgehead atoms. The number of hydrogen-bond donors (Lipinski definition) is 1. The third kappa shape index (κ3) is 2.64. The minimum Gasteiger partial charge on any atom is -0.378 e. The van der Waals surface area contributed by atoms with E-state index in [-0.39, 0.29) is 12.0 Å². The zero-order chi connectivity index (χ0) is 16.1. The molecule has 5 heteroatoms. The predicted molar refractivity (Wildman–Crippen MR) is 99.3 cm³/mol. The molecule has 2 aromatic rings. The molecule has 23 heavy (non-hydrogen) atoms. The fourth-order valence-electron chi connectivity index (χ4n) is 3.68. The summed E-state index contributed by atoms with van der Waals surface area (Å²) in [5, 5.41) is 6.09. The number of anilines is 1. The second-order valence-electron chi connectivity index (χ2n) is 6.00. The first-order chi connectivity index (χ1) is 11.0. The lowest BCUT2D eigenvalue weighted by Gasteiger charge is -2.38. The van der Waals surface area contributed by atoms with E-state index in [9.17, 15) is 0 Å². The standard InChI is InChI=1S/C18H13Cl4N/c19-10-7-15(22)17-11-2-1-3-12(11)18(23-16(17)8-10)9-4-5-13(20)14(21)6-9/h1-2,4-8,11-12,18,23H,3H2/t11-,12-,18+/m0/s1. The molecule has 2 aliphatic rings. The lowest BCUT2D eigenvalue weighted by Crippen LogP contribution is -2.29.